The van der Waals surface area contributed by atoms with E-state index in [9.17, 15) is 14.3 Å². The van der Waals surface area contributed by atoms with Crippen LogP contribution in [0.15, 0.2) is 24.3 Å². The fourth-order valence-electron chi connectivity index (χ4n) is 2.33. The highest BCUT2D eigenvalue weighted by Crippen LogP contribution is 2.16. The summed E-state index contributed by atoms with van der Waals surface area (Å²) in [7, 11) is 0. The van der Waals surface area contributed by atoms with Crippen LogP contribution in [0.3, 0.4) is 0 Å². The van der Waals surface area contributed by atoms with Gasteiger partial charge in [-0.25, -0.2) is 4.39 Å². The molecule has 0 aliphatic rings. The van der Waals surface area contributed by atoms with Crippen molar-refractivity contribution in [3.63, 3.8) is 0 Å². The molecule has 1 aromatic carbocycles. The lowest BCUT2D eigenvalue weighted by Gasteiger charge is -2.30. The Balaban J connectivity index is 2.71. The Kier molecular flexibility index (Phi) is 5.48. The van der Waals surface area contributed by atoms with Gasteiger partial charge in [0.15, 0.2) is 0 Å². The molecule has 0 bridgehead atoms. The zero-order valence-electron chi connectivity index (χ0n) is 11.7. The first-order valence-corrected chi connectivity index (χ1v) is 6.63. The first kappa shape index (κ1) is 15.6. The molecule has 0 saturated heterocycles. The summed E-state index contributed by atoms with van der Waals surface area (Å²) in [5.74, 6) is -1.11. The number of nitrogens with one attached hydrogen (secondary N) is 1. The molecular formula is C15H22FNO2. The zero-order valence-corrected chi connectivity index (χ0v) is 11.7. The van der Waals surface area contributed by atoms with Crippen molar-refractivity contribution in [3.05, 3.63) is 35.6 Å². The van der Waals surface area contributed by atoms with E-state index < -0.39 is 11.5 Å². The van der Waals surface area contributed by atoms with E-state index in [1.165, 1.54) is 6.07 Å². The number of halogens is 1. The van der Waals surface area contributed by atoms with E-state index in [0.29, 0.717) is 18.4 Å². The molecule has 0 aromatic heterocycles. The largest absolute Gasteiger partial charge is 0.480 e. The Morgan fingerprint density at radius 2 is 2.11 bits per heavy atom. The van der Waals surface area contributed by atoms with Gasteiger partial charge < -0.3 is 5.11 Å². The van der Waals surface area contributed by atoms with Crippen molar-refractivity contribution in [2.24, 2.45) is 0 Å². The number of carbonyl (C=O) groups is 1. The second-order valence-electron chi connectivity index (χ2n) is 5.23. The van der Waals surface area contributed by atoms with Crippen LogP contribution < -0.4 is 5.32 Å². The average Bonchev–Trinajstić information content (AvgIpc) is 2.32. The molecule has 2 unspecified atom stereocenters. The molecule has 0 heterocycles. The van der Waals surface area contributed by atoms with E-state index in [0.717, 1.165) is 6.42 Å². The minimum absolute atomic E-state index is 0.107. The van der Waals surface area contributed by atoms with E-state index >= 15 is 0 Å². The van der Waals surface area contributed by atoms with Crippen LogP contribution in [0.1, 0.15) is 39.2 Å². The average molecular weight is 267 g/mol. The second kappa shape index (κ2) is 6.66. The van der Waals surface area contributed by atoms with Gasteiger partial charge in [-0.05, 0) is 38.3 Å². The number of hydrogen-bond acceptors (Lipinski definition) is 2. The van der Waals surface area contributed by atoms with Gasteiger partial charge >= 0.3 is 5.97 Å². The zero-order chi connectivity index (χ0) is 14.5. The Morgan fingerprint density at radius 1 is 1.47 bits per heavy atom. The molecule has 4 heteroatoms. The summed E-state index contributed by atoms with van der Waals surface area (Å²) >= 11 is 0. The van der Waals surface area contributed by atoms with Crippen molar-refractivity contribution in [2.75, 3.05) is 0 Å². The normalized spacial score (nSPS) is 15.8. The fraction of sp³-hybridized carbons (Fsp3) is 0.533. The van der Waals surface area contributed by atoms with Crippen LogP contribution in [-0.4, -0.2) is 22.7 Å². The Morgan fingerprint density at radius 3 is 2.63 bits per heavy atom. The van der Waals surface area contributed by atoms with Crippen LogP contribution in [0.4, 0.5) is 4.39 Å². The van der Waals surface area contributed by atoms with Crippen LogP contribution >= 0.6 is 0 Å². The van der Waals surface area contributed by atoms with Crippen molar-refractivity contribution >= 4 is 5.97 Å². The molecule has 0 amide bonds. The van der Waals surface area contributed by atoms with Crippen molar-refractivity contribution < 1.29 is 14.3 Å². The molecule has 0 saturated carbocycles. The number of benzene rings is 1. The molecule has 3 nitrogen and oxygen atoms in total. The maximum atomic E-state index is 13.5. The molecule has 0 spiro atoms. The summed E-state index contributed by atoms with van der Waals surface area (Å²) < 4.78 is 13.5. The van der Waals surface area contributed by atoms with Gasteiger partial charge in [0.2, 0.25) is 0 Å². The smallest absolute Gasteiger partial charge is 0.323 e. The molecular weight excluding hydrogens is 245 g/mol. The molecule has 2 atom stereocenters. The maximum Gasteiger partial charge on any atom is 0.323 e. The third-order valence-corrected chi connectivity index (χ3v) is 3.27. The van der Waals surface area contributed by atoms with E-state index in [-0.39, 0.29) is 11.9 Å². The quantitative estimate of drug-likeness (QED) is 0.798. The molecule has 19 heavy (non-hydrogen) atoms. The van der Waals surface area contributed by atoms with E-state index in [1.807, 2.05) is 13.8 Å². The summed E-state index contributed by atoms with van der Waals surface area (Å²) in [4.78, 5) is 11.3. The van der Waals surface area contributed by atoms with Crippen LogP contribution in [-0.2, 0) is 11.2 Å². The molecule has 0 aliphatic heterocycles. The maximum absolute atomic E-state index is 13.5. The van der Waals surface area contributed by atoms with Gasteiger partial charge in [0.25, 0.3) is 0 Å². The lowest BCUT2D eigenvalue weighted by Crippen LogP contribution is -2.53. The number of aliphatic carboxylic acids is 1. The van der Waals surface area contributed by atoms with E-state index in [1.54, 1.807) is 25.1 Å². The number of carboxylic acids is 1. The molecule has 0 radical (unpaired) electrons. The van der Waals surface area contributed by atoms with Crippen molar-refractivity contribution in [1.82, 2.24) is 5.32 Å². The number of carboxylic acid groups (broad SMARTS) is 1. The predicted molar refractivity (Wildman–Crippen MR) is 73.7 cm³/mol. The SMILES string of the molecule is CCCC(C)(NC(C)Cc1ccccc1F)C(=O)O. The highest BCUT2D eigenvalue weighted by atomic mass is 19.1. The summed E-state index contributed by atoms with van der Waals surface area (Å²) in [5.41, 5.74) is -0.355. The van der Waals surface area contributed by atoms with Gasteiger partial charge in [0.1, 0.15) is 11.4 Å². The Labute approximate surface area is 113 Å². The monoisotopic (exact) mass is 267 g/mol. The lowest BCUT2D eigenvalue weighted by molar-refractivity contribution is -0.144. The second-order valence-corrected chi connectivity index (χ2v) is 5.23. The van der Waals surface area contributed by atoms with Crippen LogP contribution in [0.2, 0.25) is 0 Å². The van der Waals surface area contributed by atoms with Crippen LogP contribution in [0, 0.1) is 5.82 Å². The van der Waals surface area contributed by atoms with Gasteiger partial charge in [0, 0.05) is 6.04 Å². The predicted octanol–water partition coefficient (Wildman–Crippen LogP) is 2.99. The molecule has 0 fully saturated rings. The lowest BCUT2D eigenvalue weighted by atomic mass is 9.94. The molecule has 106 valence electrons. The van der Waals surface area contributed by atoms with Crippen LogP contribution in [0.25, 0.3) is 0 Å². The van der Waals surface area contributed by atoms with Gasteiger partial charge in [-0.3, -0.25) is 10.1 Å². The van der Waals surface area contributed by atoms with E-state index in [2.05, 4.69) is 5.32 Å². The molecule has 1 aromatic rings. The Bertz CT molecular complexity index is 436. The molecule has 1 rings (SSSR count). The van der Waals surface area contributed by atoms with Crippen molar-refractivity contribution in [1.29, 1.82) is 0 Å². The number of hydrogen-bond donors (Lipinski definition) is 2. The van der Waals surface area contributed by atoms with Crippen LogP contribution in [0.5, 0.6) is 0 Å². The van der Waals surface area contributed by atoms with Gasteiger partial charge in [-0.15, -0.1) is 0 Å². The summed E-state index contributed by atoms with van der Waals surface area (Å²) in [6.07, 6.45) is 1.80. The van der Waals surface area contributed by atoms with Gasteiger partial charge in [-0.2, -0.15) is 0 Å². The minimum Gasteiger partial charge on any atom is -0.480 e. The van der Waals surface area contributed by atoms with Crippen molar-refractivity contribution in [3.8, 4) is 0 Å². The highest BCUT2D eigenvalue weighted by Gasteiger charge is 2.33. The minimum atomic E-state index is -0.959. The third-order valence-electron chi connectivity index (χ3n) is 3.27. The van der Waals surface area contributed by atoms with Gasteiger partial charge in [-0.1, -0.05) is 31.5 Å². The third kappa shape index (κ3) is 4.31. The summed E-state index contributed by atoms with van der Waals surface area (Å²) in [6, 6.07) is 6.48. The highest BCUT2D eigenvalue weighted by molar-refractivity contribution is 5.78. The van der Waals surface area contributed by atoms with Gasteiger partial charge in [0.05, 0.1) is 0 Å². The first-order chi connectivity index (χ1) is 8.89. The van der Waals surface area contributed by atoms with Crippen molar-refractivity contribution in [2.45, 2.75) is 51.6 Å². The number of rotatable bonds is 7. The fourth-order valence-corrected chi connectivity index (χ4v) is 2.33. The molecule has 2 N–H and O–H groups in total. The Hall–Kier alpha value is -1.42. The summed E-state index contributed by atoms with van der Waals surface area (Å²) in [6.45, 7) is 5.50. The first-order valence-electron chi connectivity index (χ1n) is 6.63. The topological polar surface area (TPSA) is 49.3 Å². The summed E-state index contributed by atoms with van der Waals surface area (Å²) in [5, 5.41) is 12.4. The standard InChI is InChI=1S/C15H22FNO2/c1-4-9-15(3,14(18)19)17-11(2)10-12-7-5-6-8-13(12)16/h5-8,11,17H,4,9-10H2,1-3H3,(H,18,19). The van der Waals surface area contributed by atoms with E-state index in [4.69, 9.17) is 0 Å². The molecule has 0 aliphatic carbocycles.